The summed E-state index contributed by atoms with van der Waals surface area (Å²) in [4.78, 5) is 14.9. The molecule has 0 spiro atoms. The van der Waals surface area contributed by atoms with E-state index in [1.54, 1.807) is 35.0 Å². The highest BCUT2D eigenvalue weighted by atomic mass is 32.2. The lowest BCUT2D eigenvalue weighted by Crippen LogP contribution is -2.45. The molecule has 1 aliphatic carbocycles. The topological polar surface area (TPSA) is 111 Å². The van der Waals surface area contributed by atoms with Crippen molar-refractivity contribution >= 4 is 32.6 Å². The van der Waals surface area contributed by atoms with Crippen LogP contribution in [-0.4, -0.2) is 69.7 Å². The third kappa shape index (κ3) is 4.97. The van der Waals surface area contributed by atoms with E-state index in [9.17, 15) is 8.42 Å². The predicted octanol–water partition coefficient (Wildman–Crippen LogP) is 5.19. The van der Waals surface area contributed by atoms with Crippen molar-refractivity contribution in [2.24, 2.45) is 7.05 Å². The molecule has 3 aromatic heterocycles. The lowest BCUT2D eigenvalue weighted by atomic mass is 9.99. The third-order valence-electron chi connectivity index (χ3n) is 9.90. The number of aryl methyl sites for hydroxylation is 4. The van der Waals surface area contributed by atoms with Crippen LogP contribution < -0.4 is 9.80 Å². The summed E-state index contributed by atoms with van der Waals surface area (Å²) >= 11 is 0. The zero-order valence-corrected chi connectivity index (χ0v) is 28.7. The van der Waals surface area contributed by atoms with Crippen LogP contribution in [0.15, 0.2) is 41.3 Å². The van der Waals surface area contributed by atoms with Gasteiger partial charge < -0.3 is 14.5 Å². The SMILES string of the molecule is Cc1ccc(S(=O)(=O)n2nc(C)c3c(-c4nc5c(c(N6CCOCC6C)n4)CN(c4c(F)c(C6CC6)nn4C)CC5)c(C)ccc32)cc1. The zero-order valence-electron chi connectivity index (χ0n) is 27.9. The summed E-state index contributed by atoms with van der Waals surface area (Å²) < 4.78 is 52.0. The van der Waals surface area contributed by atoms with Gasteiger partial charge in [-0.3, -0.25) is 0 Å². The predicted molar refractivity (Wildman–Crippen MR) is 182 cm³/mol. The van der Waals surface area contributed by atoms with E-state index in [-0.39, 0.29) is 22.7 Å². The van der Waals surface area contributed by atoms with Crippen LogP contribution in [-0.2, 0) is 34.8 Å². The number of hydrogen-bond acceptors (Lipinski definition) is 9. The highest BCUT2D eigenvalue weighted by Gasteiger charge is 2.36. The van der Waals surface area contributed by atoms with E-state index < -0.39 is 10.0 Å². The summed E-state index contributed by atoms with van der Waals surface area (Å²) in [5.74, 6) is 1.82. The Morgan fingerprint density at radius 1 is 0.979 bits per heavy atom. The average Bonchev–Trinajstić information content (AvgIpc) is 3.79. The quantitative estimate of drug-likeness (QED) is 0.241. The highest BCUT2D eigenvalue weighted by molar-refractivity contribution is 7.90. The van der Waals surface area contributed by atoms with Crippen LogP contribution in [0, 0.1) is 26.6 Å². The van der Waals surface area contributed by atoms with Gasteiger partial charge in [-0.25, -0.2) is 19.0 Å². The van der Waals surface area contributed by atoms with Gasteiger partial charge >= 0.3 is 0 Å². The van der Waals surface area contributed by atoms with Crippen LogP contribution in [0.3, 0.4) is 0 Å². The monoisotopic (exact) mass is 670 g/mol. The molecule has 0 amide bonds. The maximum absolute atomic E-state index is 15.8. The minimum Gasteiger partial charge on any atom is -0.377 e. The molecule has 1 unspecified atom stereocenters. The summed E-state index contributed by atoms with van der Waals surface area (Å²) in [6.45, 7) is 10.7. The first-order valence-corrected chi connectivity index (χ1v) is 18.0. The van der Waals surface area contributed by atoms with E-state index in [1.807, 2.05) is 33.9 Å². The molecule has 2 fully saturated rings. The van der Waals surface area contributed by atoms with Gasteiger partial charge in [0, 0.05) is 55.5 Å². The molecule has 2 aliphatic heterocycles. The number of morpholine rings is 1. The van der Waals surface area contributed by atoms with E-state index in [2.05, 4.69) is 26.9 Å². The molecular formula is C35H39FN8O3S. The van der Waals surface area contributed by atoms with Crippen molar-refractivity contribution in [1.29, 1.82) is 0 Å². The molecule has 3 aliphatic rings. The van der Waals surface area contributed by atoms with Crippen LogP contribution in [0.1, 0.15) is 59.5 Å². The van der Waals surface area contributed by atoms with E-state index >= 15 is 4.39 Å². The normalized spacial score (nSPS) is 18.5. The van der Waals surface area contributed by atoms with Crippen molar-refractivity contribution in [1.82, 2.24) is 28.9 Å². The number of nitrogens with zero attached hydrogens (tertiary/aromatic N) is 8. The second-order valence-corrected chi connectivity index (χ2v) is 15.2. The van der Waals surface area contributed by atoms with E-state index in [0.717, 1.165) is 50.7 Å². The van der Waals surface area contributed by atoms with Gasteiger partial charge in [0.15, 0.2) is 17.5 Å². The highest BCUT2D eigenvalue weighted by Crippen LogP contribution is 2.43. The molecule has 250 valence electrons. The summed E-state index contributed by atoms with van der Waals surface area (Å²) in [6, 6.07) is 10.6. The standard InChI is InChI=1S/C35H39FN8O3S/c1-20-6-11-25(12-7-20)48(45,46)44-28-13-8-21(2)29(30(28)23(4)39-44)33-37-27-14-15-42(35-31(36)32(24-9-10-24)40-41(35)5)18-26(27)34(38-33)43-16-17-47-19-22(43)3/h6-8,11-13,22,24H,9-10,14-19H2,1-5H3. The Bertz CT molecular complexity index is 2190. The Morgan fingerprint density at radius 2 is 1.75 bits per heavy atom. The first kappa shape index (κ1) is 30.9. The lowest BCUT2D eigenvalue weighted by molar-refractivity contribution is 0.0984. The third-order valence-corrected chi connectivity index (χ3v) is 11.5. The van der Waals surface area contributed by atoms with Gasteiger partial charge in [0.2, 0.25) is 0 Å². The van der Waals surface area contributed by atoms with Crippen LogP contribution in [0.4, 0.5) is 16.0 Å². The summed E-state index contributed by atoms with van der Waals surface area (Å²) in [5, 5.41) is 9.84. The summed E-state index contributed by atoms with van der Waals surface area (Å²) in [6.07, 6.45) is 2.55. The average molecular weight is 671 g/mol. The van der Waals surface area contributed by atoms with Crippen molar-refractivity contribution in [3.8, 4) is 11.4 Å². The van der Waals surface area contributed by atoms with Crippen molar-refractivity contribution in [3.63, 3.8) is 0 Å². The van der Waals surface area contributed by atoms with Crippen LogP contribution in [0.25, 0.3) is 22.3 Å². The molecule has 1 atom stereocenters. The second-order valence-electron chi connectivity index (χ2n) is 13.4. The first-order valence-electron chi connectivity index (χ1n) is 16.6. The molecule has 0 bridgehead atoms. The van der Waals surface area contributed by atoms with Crippen molar-refractivity contribution in [2.75, 3.05) is 36.1 Å². The molecule has 2 aromatic carbocycles. The summed E-state index contributed by atoms with van der Waals surface area (Å²) in [7, 11) is -2.15. The number of fused-ring (bicyclic) bond motifs is 2. The van der Waals surface area contributed by atoms with Crippen molar-refractivity contribution in [2.45, 2.75) is 70.4 Å². The molecule has 13 heteroatoms. The van der Waals surface area contributed by atoms with Gasteiger partial charge in [-0.05, 0) is 64.3 Å². The smallest absolute Gasteiger partial charge is 0.283 e. The number of benzene rings is 2. The Morgan fingerprint density at radius 3 is 2.48 bits per heavy atom. The maximum atomic E-state index is 15.8. The molecule has 5 heterocycles. The van der Waals surface area contributed by atoms with Gasteiger partial charge in [-0.1, -0.05) is 23.8 Å². The van der Waals surface area contributed by atoms with E-state index in [0.29, 0.717) is 73.2 Å². The largest absolute Gasteiger partial charge is 0.377 e. The fourth-order valence-electron chi connectivity index (χ4n) is 7.18. The van der Waals surface area contributed by atoms with Crippen LogP contribution in [0.5, 0.6) is 0 Å². The van der Waals surface area contributed by atoms with Gasteiger partial charge in [-0.15, -0.1) is 0 Å². The molecule has 8 rings (SSSR count). The molecule has 1 saturated heterocycles. The second kappa shape index (κ2) is 11.4. The van der Waals surface area contributed by atoms with Crippen LogP contribution in [0.2, 0.25) is 0 Å². The molecule has 0 radical (unpaired) electrons. The van der Waals surface area contributed by atoms with Crippen molar-refractivity contribution < 1.29 is 17.5 Å². The van der Waals surface area contributed by atoms with Gasteiger partial charge in [0.25, 0.3) is 10.0 Å². The minimum absolute atomic E-state index is 0.0666. The molecule has 1 saturated carbocycles. The maximum Gasteiger partial charge on any atom is 0.283 e. The fourth-order valence-corrected chi connectivity index (χ4v) is 8.50. The summed E-state index contributed by atoms with van der Waals surface area (Å²) in [5.41, 5.74) is 6.13. The van der Waals surface area contributed by atoms with Gasteiger partial charge in [0.1, 0.15) is 11.5 Å². The Kier molecular flexibility index (Phi) is 7.33. The Labute approximate surface area is 279 Å². The number of halogens is 1. The molecule has 11 nitrogen and oxygen atoms in total. The Hall–Kier alpha value is -4.36. The van der Waals surface area contributed by atoms with Gasteiger partial charge in [-0.2, -0.15) is 22.7 Å². The molecule has 48 heavy (non-hydrogen) atoms. The van der Waals surface area contributed by atoms with Crippen molar-refractivity contribution in [3.05, 3.63) is 76.0 Å². The number of hydrogen-bond donors (Lipinski definition) is 0. The van der Waals surface area contributed by atoms with Crippen LogP contribution >= 0.6 is 0 Å². The number of ether oxygens (including phenoxy) is 1. The molecule has 0 N–H and O–H groups in total. The Balaban J connectivity index is 1.27. The van der Waals surface area contributed by atoms with E-state index in [4.69, 9.17) is 14.7 Å². The lowest BCUT2D eigenvalue weighted by Gasteiger charge is -2.38. The number of aromatic nitrogens is 6. The molecule has 5 aromatic rings. The number of rotatable bonds is 6. The fraction of sp³-hybridized carbons (Fsp3) is 0.429. The number of anilines is 2. The molecular weight excluding hydrogens is 632 g/mol. The zero-order chi connectivity index (χ0) is 33.5. The first-order chi connectivity index (χ1) is 23.0. The minimum atomic E-state index is -3.96. The van der Waals surface area contributed by atoms with E-state index in [1.165, 1.54) is 0 Å². The van der Waals surface area contributed by atoms with Gasteiger partial charge in [0.05, 0.1) is 41.1 Å².